The van der Waals surface area contributed by atoms with Gasteiger partial charge in [0.1, 0.15) is 0 Å². The van der Waals surface area contributed by atoms with Crippen LogP contribution >= 0.6 is 31.9 Å². The highest BCUT2D eigenvalue weighted by Crippen LogP contribution is 2.44. The Hall–Kier alpha value is -1.66. The Kier molecular flexibility index (Phi) is 5.82. The van der Waals surface area contributed by atoms with Gasteiger partial charge in [0, 0.05) is 10.7 Å². The van der Waals surface area contributed by atoms with E-state index in [0.29, 0.717) is 33.7 Å². The minimum Gasteiger partial charge on any atom is -0.493 e. The van der Waals surface area contributed by atoms with E-state index in [2.05, 4.69) is 31.9 Å². The average molecular weight is 484 g/mol. The second-order valence-corrected chi connectivity index (χ2v) is 6.85. The molecule has 0 aliphatic heterocycles. The van der Waals surface area contributed by atoms with Crippen molar-refractivity contribution in [3.63, 3.8) is 0 Å². The Morgan fingerprint density at radius 3 is 0.923 bits per heavy atom. The first-order valence-electron chi connectivity index (χ1n) is 8.00. The smallest absolute Gasteiger partial charge is 0.161 e. The van der Waals surface area contributed by atoms with E-state index < -0.39 is 0 Å². The molecular weight excluding hydrogens is 464 g/mol. The molecule has 4 nitrogen and oxygen atoms in total. The molecule has 0 unspecified atom stereocenters. The highest BCUT2D eigenvalue weighted by molar-refractivity contribution is 9.08. The fourth-order valence-corrected chi connectivity index (χ4v) is 4.54. The second-order valence-electron chi connectivity index (χ2n) is 5.73. The van der Waals surface area contributed by atoms with Crippen molar-refractivity contribution in [1.29, 1.82) is 0 Å². The van der Waals surface area contributed by atoms with Gasteiger partial charge in [-0.25, -0.2) is 0 Å². The summed E-state index contributed by atoms with van der Waals surface area (Å²) in [5.74, 6) is 2.84. The summed E-state index contributed by atoms with van der Waals surface area (Å²) < 4.78 is 22.1. The van der Waals surface area contributed by atoms with Crippen LogP contribution in [0.5, 0.6) is 23.0 Å². The van der Waals surface area contributed by atoms with Gasteiger partial charge in [0.15, 0.2) is 23.0 Å². The molecule has 3 aromatic rings. The van der Waals surface area contributed by atoms with E-state index in [4.69, 9.17) is 18.9 Å². The van der Waals surface area contributed by atoms with Crippen molar-refractivity contribution in [2.75, 3.05) is 28.4 Å². The van der Waals surface area contributed by atoms with Crippen molar-refractivity contribution in [2.45, 2.75) is 10.7 Å². The Bertz CT molecular complexity index is 819. The topological polar surface area (TPSA) is 36.9 Å². The van der Waals surface area contributed by atoms with Gasteiger partial charge in [-0.15, -0.1) is 0 Å². The number of benzene rings is 3. The van der Waals surface area contributed by atoms with Crippen molar-refractivity contribution in [1.82, 2.24) is 0 Å². The number of methoxy groups -OCH3 is 4. The predicted octanol–water partition coefficient (Wildman–Crippen LogP) is 5.82. The number of hydrogen-bond donors (Lipinski definition) is 0. The van der Waals surface area contributed by atoms with Gasteiger partial charge in [-0.1, -0.05) is 31.9 Å². The van der Waals surface area contributed by atoms with E-state index in [1.165, 1.54) is 11.1 Å². The van der Waals surface area contributed by atoms with E-state index in [1.54, 1.807) is 28.4 Å². The summed E-state index contributed by atoms with van der Waals surface area (Å²) in [4.78, 5) is 0. The first kappa shape index (κ1) is 19.1. The molecule has 138 valence electrons. The van der Waals surface area contributed by atoms with Gasteiger partial charge in [-0.3, -0.25) is 0 Å². The number of halogens is 2. The van der Waals surface area contributed by atoms with Gasteiger partial charge < -0.3 is 18.9 Å². The third kappa shape index (κ3) is 2.99. The summed E-state index contributed by atoms with van der Waals surface area (Å²) in [5, 5.41) is 5.88. The molecule has 0 spiro atoms. The second kappa shape index (κ2) is 7.92. The molecule has 3 aromatic carbocycles. The maximum absolute atomic E-state index is 5.51. The molecule has 6 heteroatoms. The number of fused-ring (bicyclic) bond motifs is 2. The van der Waals surface area contributed by atoms with E-state index in [0.717, 1.165) is 21.5 Å². The molecule has 0 heterocycles. The van der Waals surface area contributed by atoms with Crippen molar-refractivity contribution in [3.8, 4) is 23.0 Å². The average Bonchev–Trinajstić information content (AvgIpc) is 2.69. The molecular formula is C20H20Br2O4. The molecule has 0 fully saturated rings. The Morgan fingerprint density at radius 2 is 0.769 bits per heavy atom. The maximum Gasteiger partial charge on any atom is 0.161 e. The molecule has 0 aliphatic rings. The highest BCUT2D eigenvalue weighted by Gasteiger charge is 2.18. The fourth-order valence-electron chi connectivity index (χ4n) is 3.33. The molecule has 0 N–H and O–H groups in total. The Labute approximate surface area is 169 Å². The zero-order chi connectivity index (χ0) is 18.8. The first-order chi connectivity index (χ1) is 12.6. The summed E-state index contributed by atoms with van der Waals surface area (Å²) in [6, 6.07) is 8.14. The quantitative estimate of drug-likeness (QED) is 0.327. The molecule has 0 amide bonds. The number of rotatable bonds is 6. The van der Waals surface area contributed by atoms with Crippen LogP contribution in [0.15, 0.2) is 24.3 Å². The molecule has 0 aliphatic carbocycles. The lowest BCUT2D eigenvalue weighted by atomic mass is 9.92. The van der Waals surface area contributed by atoms with E-state index in [9.17, 15) is 0 Å². The highest BCUT2D eigenvalue weighted by atomic mass is 79.9. The predicted molar refractivity (Wildman–Crippen MR) is 113 cm³/mol. The fraction of sp³-hybridized carbons (Fsp3) is 0.300. The van der Waals surface area contributed by atoms with Crippen LogP contribution in [0, 0.1) is 0 Å². The van der Waals surface area contributed by atoms with Crippen LogP contribution < -0.4 is 18.9 Å². The summed E-state index contributed by atoms with van der Waals surface area (Å²) in [6.45, 7) is 0. The number of ether oxygens (including phenoxy) is 4. The van der Waals surface area contributed by atoms with Crippen molar-refractivity contribution in [3.05, 3.63) is 35.4 Å². The van der Waals surface area contributed by atoms with Crippen LogP contribution in [0.4, 0.5) is 0 Å². The van der Waals surface area contributed by atoms with Crippen LogP contribution in [0.3, 0.4) is 0 Å². The normalized spacial score (nSPS) is 11.0. The molecule has 0 radical (unpaired) electrons. The van der Waals surface area contributed by atoms with Gasteiger partial charge in [-0.2, -0.15) is 0 Å². The summed E-state index contributed by atoms with van der Waals surface area (Å²) in [5.41, 5.74) is 2.34. The summed E-state index contributed by atoms with van der Waals surface area (Å²) in [6.07, 6.45) is 0. The van der Waals surface area contributed by atoms with Crippen molar-refractivity contribution in [2.24, 2.45) is 0 Å². The number of hydrogen-bond acceptors (Lipinski definition) is 4. The minimum absolute atomic E-state index is 0.702. The number of alkyl halides is 2. The Morgan fingerprint density at radius 1 is 0.538 bits per heavy atom. The van der Waals surface area contributed by atoms with Gasteiger partial charge in [-0.05, 0) is 56.9 Å². The Balaban J connectivity index is 2.55. The SMILES string of the molecule is COc1cc2c(CBr)c3cc(OC)c(OC)cc3c(CBr)c2cc1OC. The van der Waals surface area contributed by atoms with E-state index in [1.807, 2.05) is 24.3 Å². The molecule has 0 saturated carbocycles. The zero-order valence-electron chi connectivity index (χ0n) is 15.1. The van der Waals surface area contributed by atoms with Gasteiger partial charge >= 0.3 is 0 Å². The summed E-state index contributed by atoms with van der Waals surface area (Å²) >= 11 is 7.31. The van der Waals surface area contributed by atoms with Crippen LogP contribution in [-0.4, -0.2) is 28.4 Å². The third-order valence-corrected chi connectivity index (χ3v) is 5.74. The molecule has 0 bridgehead atoms. The molecule has 0 saturated heterocycles. The standard InChI is InChI=1S/C20H20Br2O4/c1-23-17-5-11-12(6-18(17)24-2)16(10-22)14-8-20(26-4)19(25-3)7-13(14)15(11)9-21/h5-8H,9-10H2,1-4H3. The van der Waals surface area contributed by atoms with Crippen LogP contribution in [0.1, 0.15) is 11.1 Å². The molecule has 0 aromatic heterocycles. The molecule has 26 heavy (non-hydrogen) atoms. The third-order valence-electron chi connectivity index (χ3n) is 4.62. The molecule has 0 atom stereocenters. The van der Waals surface area contributed by atoms with Gasteiger partial charge in [0.2, 0.25) is 0 Å². The lowest BCUT2D eigenvalue weighted by Gasteiger charge is -2.19. The van der Waals surface area contributed by atoms with E-state index in [-0.39, 0.29) is 0 Å². The van der Waals surface area contributed by atoms with Gasteiger partial charge in [0.05, 0.1) is 28.4 Å². The van der Waals surface area contributed by atoms with Gasteiger partial charge in [0.25, 0.3) is 0 Å². The van der Waals surface area contributed by atoms with Crippen molar-refractivity contribution < 1.29 is 18.9 Å². The van der Waals surface area contributed by atoms with Crippen LogP contribution in [0.25, 0.3) is 21.5 Å². The van der Waals surface area contributed by atoms with Crippen LogP contribution in [-0.2, 0) is 10.7 Å². The minimum atomic E-state index is 0.702. The van der Waals surface area contributed by atoms with Crippen LogP contribution in [0.2, 0.25) is 0 Å². The first-order valence-corrected chi connectivity index (χ1v) is 10.2. The molecule has 3 rings (SSSR count). The zero-order valence-corrected chi connectivity index (χ0v) is 18.3. The lowest BCUT2D eigenvalue weighted by Crippen LogP contribution is -1.98. The largest absolute Gasteiger partial charge is 0.493 e. The van der Waals surface area contributed by atoms with E-state index >= 15 is 0 Å². The van der Waals surface area contributed by atoms with Crippen molar-refractivity contribution >= 4 is 53.4 Å². The lowest BCUT2D eigenvalue weighted by molar-refractivity contribution is 0.355. The maximum atomic E-state index is 5.51. The monoisotopic (exact) mass is 482 g/mol. The summed E-state index contributed by atoms with van der Waals surface area (Å²) in [7, 11) is 6.60.